The largest absolute Gasteiger partial charge is 0.391 e. The van der Waals surface area contributed by atoms with Gasteiger partial charge >= 0.3 is 0 Å². The third-order valence-corrected chi connectivity index (χ3v) is 2.97. The Kier molecular flexibility index (Phi) is 2.96. The lowest BCUT2D eigenvalue weighted by Crippen LogP contribution is -2.53. The van der Waals surface area contributed by atoms with Crippen LogP contribution in [0.2, 0.25) is 0 Å². The predicted molar refractivity (Wildman–Crippen MR) is 51.2 cm³/mol. The van der Waals surface area contributed by atoms with Gasteiger partial charge in [0.05, 0.1) is 11.6 Å². The third kappa shape index (κ3) is 2.44. The molecule has 0 bridgehead atoms. The minimum absolute atomic E-state index is 0.0946. The quantitative estimate of drug-likeness (QED) is 0.690. The van der Waals surface area contributed by atoms with E-state index in [4.69, 9.17) is 0 Å². The van der Waals surface area contributed by atoms with Crippen LogP contribution >= 0.6 is 0 Å². The molecule has 0 aromatic carbocycles. The molecule has 0 spiro atoms. The summed E-state index contributed by atoms with van der Waals surface area (Å²) in [6, 6.07) is 0. The van der Waals surface area contributed by atoms with E-state index in [0.717, 1.165) is 19.3 Å². The maximum Gasteiger partial charge on any atom is 0.223 e. The van der Waals surface area contributed by atoms with E-state index >= 15 is 0 Å². The number of hydrogen-bond acceptors (Lipinski definition) is 2. The van der Waals surface area contributed by atoms with Crippen molar-refractivity contribution in [2.75, 3.05) is 0 Å². The van der Waals surface area contributed by atoms with Crippen LogP contribution in [-0.4, -0.2) is 22.7 Å². The smallest absolute Gasteiger partial charge is 0.223 e. The van der Waals surface area contributed by atoms with Crippen molar-refractivity contribution in [3.8, 4) is 0 Å². The molecular formula is C10H19NO2. The molecule has 1 atom stereocenters. The Morgan fingerprint density at radius 1 is 1.54 bits per heavy atom. The summed E-state index contributed by atoms with van der Waals surface area (Å²) in [5.74, 6) is 0.287. The average molecular weight is 185 g/mol. The van der Waals surface area contributed by atoms with Crippen molar-refractivity contribution in [1.82, 2.24) is 5.32 Å². The SMILES string of the molecule is CC(O)C(C)(C)NC(=O)C1CCC1. The molecular weight excluding hydrogens is 166 g/mol. The van der Waals surface area contributed by atoms with Crippen LogP contribution in [0.1, 0.15) is 40.0 Å². The van der Waals surface area contributed by atoms with Crippen LogP contribution in [0.5, 0.6) is 0 Å². The topological polar surface area (TPSA) is 49.3 Å². The lowest BCUT2D eigenvalue weighted by molar-refractivity contribution is -0.130. The Morgan fingerprint density at radius 2 is 2.08 bits per heavy atom. The van der Waals surface area contributed by atoms with Crippen molar-refractivity contribution in [2.24, 2.45) is 5.92 Å². The van der Waals surface area contributed by atoms with Crippen LogP contribution in [0.25, 0.3) is 0 Å². The van der Waals surface area contributed by atoms with Gasteiger partial charge in [0.25, 0.3) is 0 Å². The Hall–Kier alpha value is -0.570. The summed E-state index contributed by atoms with van der Waals surface area (Å²) in [6.07, 6.45) is 2.65. The predicted octanol–water partition coefficient (Wildman–Crippen LogP) is 1.06. The second kappa shape index (κ2) is 3.66. The van der Waals surface area contributed by atoms with Crippen LogP contribution in [0.3, 0.4) is 0 Å². The van der Waals surface area contributed by atoms with Crippen molar-refractivity contribution >= 4 is 5.91 Å². The van der Waals surface area contributed by atoms with E-state index < -0.39 is 11.6 Å². The molecule has 1 aliphatic carbocycles. The minimum atomic E-state index is -0.517. The van der Waals surface area contributed by atoms with Gasteiger partial charge in [-0.1, -0.05) is 6.42 Å². The van der Waals surface area contributed by atoms with Gasteiger partial charge in [0.1, 0.15) is 0 Å². The first-order valence-electron chi connectivity index (χ1n) is 4.93. The highest BCUT2D eigenvalue weighted by atomic mass is 16.3. The lowest BCUT2D eigenvalue weighted by atomic mass is 9.84. The molecule has 1 rings (SSSR count). The van der Waals surface area contributed by atoms with Gasteiger partial charge < -0.3 is 10.4 Å². The van der Waals surface area contributed by atoms with E-state index in [2.05, 4.69) is 5.32 Å². The normalized spacial score (nSPS) is 20.6. The fourth-order valence-corrected chi connectivity index (χ4v) is 1.19. The Labute approximate surface area is 79.5 Å². The van der Waals surface area contributed by atoms with Gasteiger partial charge in [0.2, 0.25) is 5.91 Å². The molecule has 0 aromatic rings. The van der Waals surface area contributed by atoms with Crippen molar-refractivity contribution in [3.05, 3.63) is 0 Å². The number of rotatable bonds is 3. The molecule has 1 fully saturated rings. The fraction of sp³-hybridized carbons (Fsp3) is 0.900. The highest BCUT2D eigenvalue weighted by Crippen LogP contribution is 2.27. The molecule has 76 valence electrons. The molecule has 0 radical (unpaired) electrons. The number of aliphatic hydroxyl groups is 1. The van der Waals surface area contributed by atoms with E-state index in [1.165, 1.54) is 0 Å². The van der Waals surface area contributed by atoms with Gasteiger partial charge in [0.15, 0.2) is 0 Å². The summed E-state index contributed by atoms with van der Waals surface area (Å²) in [4.78, 5) is 11.5. The molecule has 3 heteroatoms. The molecule has 13 heavy (non-hydrogen) atoms. The molecule has 1 amide bonds. The molecule has 0 heterocycles. The molecule has 1 unspecified atom stereocenters. The van der Waals surface area contributed by atoms with E-state index in [0.29, 0.717) is 0 Å². The second-order valence-electron chi connectivity index (χ2n) is 4.51. The first-order chi connectivity index (χ1) is 5.93. The number of hydrogen-bond donors (Lipinski definition) is 2. The van der Waals surface area contributed by atoms with Crippen LogP contribution < -0.4 is 5.32 Å². The molecule has 0 aromatic heterocycles. The van der Waals surface area contributed by atoms with Gasteiger partial charge in [-0.25, -0.2) is 0 Å². The highest BCUT2D eigenvalue weighted by molar-refractivity contribution is 5.80. The van der Waals surface area contributed by atoms with Gasteiger partial charge in [-0.3, -0.25) is 4.79 Å². The highest BCUT2D eigenvalue weighted by Gasteiger charge is 2.31. The molecule has 2 N–H and O–H groups in total. The molecule has 0 aliphatic heterocycles. The van der Waals surface area contributed by atoms with Crippen LogP contribution in [-0.2, 0) is 4.79 Å². The Morgan fingerprint density at radius 3 is 2.38 bits per heavy atom. The van der Waals surface area contributed by atoms with Crippen LogP contribution in [0.15, 0.2) is 0 Å². The maximum atomic E-state index is 11.5. The number of amides is 1. The minimum Gasteiger partial charge on any atom is -0.391 e. The van der Waals surface area contributed by atoms with Crippen molar-refractivity contribution in [1.29, 1.82) is 0 Å². The Bertz CT molecular complexity index is 195. The molecule has 1 saturated carbocycles. The van der Waals surface area contributed by atoms with Gasteiger partial charge in [-0.2, -0.15) is 0 Å². The zero-order chi connectivity index (χ0) is 10.1. The van der Waals surface area contributed by atoms with Gasteiger partial charge in [0, 0.05) is 5.92 Å². The lowest BCUT2D eigenvalue weighted by Gasteiger charge is -2.33. The van der Waals surface area contributed by atoms with E-state index in [-0.39, 0.29) is 11.8 Å². The van der Waals surface area contributed by atoms with Crippen molar-refractivity contribution in [2.45, 2.75) is 51.7 Å². The van der Waals surface area contributed by atoms with E-state index in [1.54, 1.807) is 6.92 Å². The van der Waals surface area contributed by atoms with E-state index in [1.807, 2.05) is 13.8 Å². The first kappa shape index (κ1) is 10.5. The molecule has 1 aliphatic rings. The van der Waals surface area contributed by atoms with Crippen LogP contribution in [0.4, 0.5) is 0 Å². The maximum absolute atomic E-state index is 11.5. The first-order valence-corrected chi connectivity index (χ1v) is 4.93. The summed E-state index contributed by atoms with van der Waals surface area (Å²) >= 11 is 0. The summed E-state index contributed by atoms with van der Waals surface area (Å²) in [5, 5.41) is 12.3. The zero-order valence-electron chi connectivity index (χ0n) is 8.63. The zero-order valence-corrected chi connectivity index (χ0v) is 8.63. The summed E-state index contributed by atoms with van der Waals surface area (Å²) < 4.78 is 0. The van der Waals surface area contributed by atoms with Crippen molar-refractivity contribution in [3.63, 3.8) is 0 Å². The number of nitrogens with one attached hydrogen (secondary N) is 1. The summed E-state index contributed by atoms with van der Waals surface area (Å²) in [5.41, 5.74) is -0.507. The second-order valence-corrected chi connectivity index (χ2v) is 4.51. The van der Waals surface area contributed by atoms with Gasteiger partial charge in [-0.05, 0) is 33.6 Å². The molecule has 3 nitrogen and oxygen atoms in total. The number of carbonyl (C=O) groups excluding carboxylic acids is 1. The van der Waals surface area contributed by atoms with Gasteiger partial charge in [-0.15, -0.1) is 0 Å². The summed E-state index contributed by atoms with van der Waals surface area (Å²) in [7, 11) is 0. The fourth-order valence-electron chi connectivity index (χ4n) is 1.19. The number of aliphatic hydroxyl groups excluding tert-OH is 1. The third-order valence-electron chi connectivity index (χ3n) is 2.97. The van der Waals surface area contributed by atoms with Crippen LogP contribution in [0, 0.1) is 5.92 Å². The van der Waals surface area contributed by atoms with Crippen molar-refractivity contribution < 1.29 is 9.90 Å². The number of carbonyl (C=O) groups is 1. The summed E-state index contributed by atoms with van der Waals surface area (Å²) in [6.45, 7) is 5.38. The molecule has 0 saturated heterocycles. The standard InChI is InChI=1S/C10H19NO2/c1-7(12)10(2,3)11-9(13)8-5-4-6-8/h7-8,12H,4-6H2,1-3H3,(H,11,13). The van der Waals surface area contributed by atoms with E-state index in [9.17, 15) is 9.90 Å². The average Bonchev–Trinajstić information content (AvgIpc) is 1.80. The Balaban J connectivity index is 2.42. The monoisotopic (exact) mass is 185 g/mol.